The molecule has 136 valence electrons. The molecule has 0 aliphatic rings. The van der Waals surface area contributed by atoms with Gasteiger partial charge in [0.2, 0.25) is 0 Å². The van der Waals surface area contributed by atoms with Crippen molar-refractivity contribution in [2.45, 2.75) is 30.7 Å². The first-order valence-electron chi connectivity index (χ1n) is 7.84. The van der Waals surface area contributed by atoms with Gasteiger partial charge in [0.25, 0.3) is 5.56 Å². The molecule has 26 heavy (non-hydrogen) atoms. The number of thioether (sulfide) groups is 1. The maximum Gasteiger partial charge on any atom is 0.573 e. The quantitative estimate of drug-likeness (QED) is 0.479. The van der Waals surface area contributed by atoms with E-state index in [0.29, 0.717) is 28.4 Å². The Balaban J connectivity index is 1.80. The van der Waals surface area contributed by atoms with E-state index in [1.807, 2.05) is 13.0 Å². The number of alkyl halides is 3. The van der Waals surface area contributed by atoms with Gasteiger partial charge in [0.05, 0.1) is 10.9 Å². The molecule has 4 nitrogen and oxygen atoms in total. The van der Waals surface area contributed by atoms with Crippen LogP contribution in [0.4, 0.5) is 13.2 Å². The second-order valence-corrected chi connectivity index (χ2v) is 6.38. The summed E-state index contributed by atoms with van der Waals surface area (Å²) in [4.78, 5) is 17.1. The molecule has 0 unspecified atom stereocenters. The zero-order valence-electron chi connectivity index (χ0n) is 13.8. The summed E-state index contributed by atoms with van der Waals surface area (Å²) >= 11 is 1.36. The zero-order chi connectivity index (χ0) is 18.7. The lowest BCUT2D eigenvalue weighted by atomic mass is 10.2. The van der Waals surface area contributed by atoms with Gasteiger partial charge in [-0.1, -0.05) is 36.0 Å². The van der Waals surface area contributed by atoms with Gasteiger partial charge in [0.15, 0.2) is 5.16 Å². The van der Waals surface area contributed by atoms with E-state index >= 15 is 0 Å². The minimum Gasteiger partial charge on any atom is -0.406 e. The highest BCUT2D eigenvalue weighted by molar-refractivity contribution is 7.98. The van der Waals surface area contributed by atoms with Crippen molar-refractivity contribution in [3.63, 3.8) is 0 Å². The molecule has 0 saturated heterocycles. The van der Waals surface area contributed by atoms with Crippen LogP contribution in [0.3, 0.4) is 0 Å². The first-order chi connectivity index (χ1) is 12.4. The average Bonchev–Trinajstić information content (AvgIpc) is 2.60. The molecule has 2 aromatic carbocycles. The normalized spacial score (nSPS) is 11.7. The second kappa shape index (κ2) is 7.41. The van der Waals surface area contributed by atoms with Gasteiger partial charge in [-0.2, -0.15) is 0 Å². The molecule has 0 radical (unpaired) electrons. The Morgan fingerprint density at radius 2 is 1.81 bits per heavy atom. The average molecular weight is 380 g/mol. The van der Waals surface area contributed by atoms with Crippen molar-refractivity contribution in [2.75, 3.05) is 0 Å². The molecule has 0 bridgehead atoms. The third-order valence-corrected chi connectivity index (χ3v) is 4.72. The lowest BCUT2D eigenvalue weighted by molar-refractivity contribution is -0.274. The van der Waals surface area contributed by atoms with Crippen molar-refractivity contribution in [3.05, 3.63) is 64.4 Å². The van der Waals surface area contributed by atoms with E-state index in [1.165, 1.54) is 23.9 Å². The largest absolute Gasteiger partial charge is 0.573 e. The molecule has 0 N–H and O–H groups in total. The Morgan fingerprint density at radius 1 is 1.12 bits per heavy atom. The van der Waals surface area contributed by atoms with Gasteiger partial charge in [-0.3, -0.25) is 9.36 Å². The standard InChI is InChI=1S/C18H15F3N2O2S/c1-2-23-16(24)14-5-3-4-6-15(14)22-17(23)26-11-12-7-9-13(10-8-12)25-18(19,20)21/h3-10H,2,11H2,1H3. The van der Waals surface area contributed by atoms with E-state index in [1.54, 1.807) is 34.9 Å². The molecular formula is C18H15F3N2O2S. The lowest BCUT2D eigenvalue weighted by Gasteiger charge is -2.12. The summed E-state index contributed by atoms with van der Waals surface area (Å²) in [7, 11) is 0. The molecule has 0 amide bonds. The second-order valence-electron chi connectivity index (χ2n) is 5.44. The minimum absolute atomic E-state index is 0.102. The van der Waals surface area contributed by atoms with Crippen LogP contribution in [0, 0.1) is 0 Å². The molecule has 8 heteroatoms. The van der Waals surface area contributed by atoms with Crippen LogP contribution in [0.1, 0.15) is 12.5 Å². The van der Waals surface area contributed by atoms with Crippen LogP contribution in [-0.4, -0.2) is 15.9 Å². The highest BCUT2D eigenvalue weighted by atomic mass is 32.2. The van der Waals surface area contributed by atoms with Crippen molar-refractivity contribution in [2.24, 2.45) is 0 Å². The summed E-state index contributed by atoms with van der Waals surface area (Å²) in [5.41, 5.74) is 1.32. The molecule has 0 atom stereocenters. The van der Waals surface area contributed by atoms with Crippen LogP contribution in [0.15, 0.2) is 58.5 Å². The van der Waals surface area contributed by atoms with Gasteiger partial charge in [-0.25, -0.2) is 4.98 Å². The Morgan fingerprint density at radius 3 is 2.46 bits per heavy atom. The number of hydrogen-bond acceptors (Lipinski definition) is 4. The van der Waals surface area contributed by atoms with Crippen molar-refractivity contribution in [1.29, 1.82) is 0 Å². The predicted octanol–water partition coefficient (Wildman–Crippen LogP) is 4.61. The van der Waals surface area contributed by atoms with E-state index < -0.39 is 6.36 Å². The first-order valence-corrected chi connectivity index (χ1v) is 8.83. The summed E-state index contributed by atoms with van der Waals surface area (Å²) in [6.45, 7) is 2.35. The van der Waals surface area contributed by atoms with Crippen LogP contribution >= 0.6 is 11.8 Å². The van der Waals surface area contributed by atoms with Gasteiger partial charge in [-0.15, -0.1) is 13.2 Å². The SMILES string of the molecule is CCn1c(SCc2ccc(OC(F)(F)F)cc2)nc2ccccc2c1=O. The zero-order valence-corrected chi connectivity index (χ0v) is 14.6. The van der Waals surface area contributed by atoms with Crippen LogP contribution in [-0.2, 0) is 12.3 Å². The number of rotatable bonds is 5. The molecule has 0 aliphatic heterocycles. The number of para-hydroxylation sites is 1. The van der Waals surface area contributed by atoms with Crippen molar-refractivity contribution >= 4 is 22.7 Å². The van der Waals surface area contributed by atoms with E-state index in [9.17, 15) is 18.0 Å². The van der Waals surface area contributed by atoms with Crippen LogP contribution in [0.25, 0.3) is 10.9 Å². The Bertz CT molecular complexity index is 969. The van der Waals surface area contributed by atoms with Crippen molar-refractivity contribution < 1.29 is 17.9 Å². The van der Waals surface area contributed by atoms with E-state index in [-0.39, 0.29) is 11.3 Å². The Kier molecular flexibility index (Phi) is 5.22. The smallest absolute Gasteiger partial charge is 0.406 e. The molecule has 1 heterocycles. The molecule has 0 aliphatic carbocycles. The summed E-state index contributed by atoms with van der Waals surface area (Å²) in [6, 6.07) is 12.8. The minimum atomic E-state index is -4.71. The third-order valence-electron chi connectivity index (χ3n) is 3.67. The summed E-state index contributed by atoms with van der Waals surface area (Å²) in [5.74, 6) is 0.206. The highest BCUT2D eigenvalue weighted by Gasteiger charge is 2.30. The van der Waals surface area contributed by atoms with Gasteiger partial charge in [0.1, 0.15) is 5.75 Å². The van der Waals surface area contributed by atoms with Gasteiger partial charge in [0, 0.05) is 12.3 Å². The summed E-state index contributed by atoms with van der Waals surface area (Å²) in [6.07, 6.45) is -4.71. The molecular weight excluding hydrogens is 365 g/mol. The third kappa shape index (κ3) is 4.19. The van der Waals surface area contributed by atoms with Crippen LogP contribution < -0.4 is 10.3 Å². The number of ether oxygens (including phenoxy) is 1. The van der Waals surface area contributed by atoms with Crippen LogP contribution in [0.2, 0.25) is 0 Å². The fourth-order valence-electron chi connectivity index (χ4n) is 2.47. The molecule has 3 rings (SSSR count). The van der Waals surface area contributed by atoms with E-state index in [4.69, 9.17) is 0 Å². The summed E-state index contributed by atoms with van der Waals surface area (Å²) < 4.78 is 42.0. The highest BCUT2D eigenvalue weighted by Crippen LogP contribution is 2.26. The maximum atomic E-state index is 12.6. The van der Waals surface area contributed by atoms with E-state index in [2.05, 4.69) is 9.72 Å². The monoisotopic (exact) mass is 380 g/mol. The number of hydrogen-bond donors (Lipinski definition) is 0. The number of benzene rings is 2. The fraction of sp³-hybridized carbons (Fsp3) is 0.222. The molecule has 0 spiro atoms. The number of fused-ring (bicyclic) bond motifs is 1. The topological polar surface area (TPSA) is 44.1 Å². The van der Waals surface area contributed by atoms with Gasteiger partial charge < -0.3 is 4.74 Å². The fourth-order valence-corrected chi connectivity index (χ4v) is 3.49. The van der Waals surface area contributed by atoms with Crippen molar-refractivity contribution in [1.82, 2.24) is 9.55 Å². The molecule has 3 aromatic rings. The Labute approximate surface area is 151 Å². The summed E-state index contributed by atoms with van der Waals surface area (Å²) in [5, 5.41) is 1.14. The molecule has 1 aromatic heterocycles. The maximum absolute atomic E-state index is 12.6. The lowest BCUT2D eigenvalue weighted by Crippen LogP contribution is -2.22. The van der Waals surface area contributed by atoms with E-state index in [0.717, 1.165) is 5.56 Å². The molecule has 0 saturated carbocycles. The van der Waals surface area contributed by atoms with Crippen molar-refractivity contribution in [3.8, 4) is 5.75 Å². The number of aromatic nitrogens is 2. The predicted molar refractivity (Wildman–Crippen MR) is 94.4 cm³/mol. The molecule has 0 fully saturated rings. The van der Waals surface area contributed by atoms with Gasteiger partial charge >= 0.3 is 6.36 Å². The first kappa shape index (κ1) is 18.3. The van der Waals surface area contributed by atoms with Gasteiger partial charge in [-0.05, 0) is 36.8 Å². The Hall–Kier alpha value is -2.48. The van der Waals surface area contributed by atoms with Crippen LogP contribution in [0.5, 0.6) is 5.75 Å². The number of halogens is 3. The number of nitrogens with zero attached hydrogens (tertiary/aromatic N) is 2.